The molecule has 0 fully saturated rings. The van der Waals surface area contributed by atoms with Gasteiger partial charge in [0.15, 0.2) is 5.78 Å². The molecule has 0 amide bonds. The van der Waals surface area contributed by atoms with Gasteiger partial charge >= 0.3 is 5.97 Å². The molecule has 0 aromatic heterocycles. The molecule has 0 aromatic carbocycles. The monoisotopic (exact) mass is 184 g/mol. The number of allylic oxidation sites excluding steroid dienone is 1. The van der Waals surface area contributed by atoms with Crippen LogP contribution in [-0.4, -0.2) is 18.9 Å². The van der Waals surface area contributed by atoms with Crippen molar-refractivity contribution in [2.45, 2.75) is 26.7 Å². The second-order valence-corrected chi connectivity index (χ2v) is 2.77. The minimum Gasteiger partial charge on any atom is -0.466 e. The number of rotatable bonds is 5. The van der Waals surface area contributed by atoms with E-state index in [1.165, 1.54) is 19.3 Å². The lowest BCUT2D eigenvalue weighted by Crippen LogP contribution is -2.10. The Morgan fingerprint density at radius 3 is 2.15 bits per heavy atom. The van der Waals surface area contributed by atoms with Crippen molar-refractivity contribution < 1.29 is 14.3 Å². The second kappa shape index (κ2) is 6.40. The maximum absolute atomic E-state index is 11.3. The van der Waals surface area contributed by atoms with E-state index >= 15 is 0 Å². The average Bonchev–Trinajstić information content (AvgIpc) is 2.16. The molecule has 0 atom stereocenters. The molecule has 0 spiro atoms. The zero-order chi connectivity index (χ0) is 10.3. The molecule has 3 nitrogen and oxygen atoms in total. The maximum Gasteiger partial charge on any atom is 0.330 e. The number of ether oxygens (including phenoxy) is 1. The normalized spacial score (nSPS) is 10.8. The topological polar surface area (TPSA) is 43.4 Å². The predicted octanol–water partition coefficient (Wildman–Crippen LogP) is 1.72. The van der Waals surface area contributed by atoms with Crippen LogP contribution in [0.25, 0.3) is 0 Å². The van der Waals surface area contributed by atoms with E-state index in [0.29, 0.717) is 0 Å². The molecule has 0 aliphatic heterocycles. The third-order valence-corrected chi connectivity index (χ3v) is 1.97. The molecular weight excluding hydrogens is 168 g/mol. The lowest BCUT2D eigenvalue weighted by atomic mass is 9.98. The van der Waals surface area contributed by atoms with Gasteiger partial charge in [-0.05, 0) is 18.9 Å². The molecule has 0 heterocycles. The first-order valence-electron chi connectivity index (χ1n) is 4.45. The quantitative estimate of drug-likeness (QED) is 0.482. The summed E-state index contributed by atoms with van der Waals surface area (Å²) in [5.74, 6) is -0.462. The smallest absolute Gasteiger partial charge is 0.330 e. The van der Waals surface area contributed by atoms with E-state index in [0.717, 1.165) is 12.8 Å². The largest absolute Gasteiger partial charge is 0.466 e. The highest BCUT2D eigenvalue weighted by Gasteiger charge is 2.10. The molecule has 0 bridgehead atoms. The molecule has 0 saturated heterocycles. The van der Waals surface area contributed by atoms with Crippen LogP contribution < -0.4 is 0 Å². The van der Waals surface area contributed by atoms with Crippen molar-refractivity contribution in [2.75, 3.05) is 7.11 Å². The third kappa shape index (κ3) is 4.45. The van der Waals surface area contributed by atoms with Crippen molar-refractivity contribution in [3.8, 4) is 0 Å². The van der Waals surface area contributed by atoms with Gasteiger partial charge in [-0.3, -0.25) is 4.79 Å². The van der Waals surface area contributed by atoms with Crippen molar-refractivity contribution >= 4 is 11.8 Å². The van der Waals surface area contributed by atoms with Crippen molar-refractivity contribution in [3.05, 3.63) is 12.2 Å². The third-order valence-electron chi connectivity index (χ3n) is 1.97. The fourth-order valence-electron chi connectivity index (χ4n) is 1.05. The highest BCUT2D eigenvalue weighted by Crippen LogP contribution is 2.09. The lowest BCUT2D eigenvalue weighted by molar-refractivity contribution is -0.135. The second-order valence-electron chi connectivity index (χ2n) is 2.77. The number of hydrogen-bond donors (Lipinski definition) is 0. The van der Waals surface area contributed by atoms with Crippen molar-refractivity contribution in [1.29, 1.82) is 0 Å². The van der Waals surface area contributed by atoms with Crippen LogP contribution in [0.4, 0.5) is 0 Å². The molecule has 0 radical (unpaired) electrons. The first-order valence-corrected chi connectivity index (χ1v) is 4.45. The van der Waals surface area contributed by atoms with Gasteiger partial charge in [0, 0.05) is 12.0 Å². The van der Waals surface area contributed by atoms with E-state index in [2.05, 4.69) is 4.74 Å². The summed E-state index contributed by atoms with van der Waals surface area (Å²) in [6, 6.07) is 0. The van der Waals surface area contributed by atoms with Crippen LogP contribution in [0.2, 0.25) is 0 Å². The van der Waals surface area contributed by atoms with E-state index < -0.39 is 5.97 Å². The molecule has 0 saturated carbocycles. The maximum atomic E-state index is 11.3. The predicted molar refractivity (Wildman–Crippen MR) is 50.2 cm³/mol. The SMILES string of the molecule is CCC(CC)C(=O)/C=C/C(=O)OC. The van der Waals surface area contributed by atoms with Gasteiger partial charge in [0.05, 0.1) is 7.11 Å². The minimum absolute atomic E-state index is 0.00426. The van der Waals surface area contributed by atoms with E-state index in [4.69, 9.17) is 0 Å². The van der Waals surface area contributed by atoms with Crippen LogP contribution in [0.15, 0.2) is 12.2 Å². The Kier molecular flexibility index (Phi) is 5.85. The molecular formula is C10H16O3. The van der Waals surface area contributed by atoms with Crippen LogP contribution in [0.3, 0.4) is 0 Å². The molecule has 3 heteroatoms. The van der Waals surface area contributed by atoms with Crippen molar-refractivity contribution in [1.82, 2.24) is 0 Å². The molecule has 0 rings (SSSR count). The summed E-state index contributed by atoms with van der Waals surface area (Å²) in [6.07, 6.45) is 4.08. The van der Waals surface area contributed by atoms with Crippen LogP contribution in [0.5, 0.6) is 0 Å². The van der Waals surface area contributed by atoms with E-state index in [1.54, 1.807) is 0 Å². The van der Waals surface area contributed by atoms with Gasteiger partial charge in [0.25, 0.3) is 0 Å². The highest BCUT2D eigenvalue weighted by atomic mass is 16.5. The molecule has 0 unspecified atom stereocenters. The van der Waals surface area contributed by atoms with Crippen LogP contribution in [0, 0.1) is 5.92 Å². The minimum atomic E-state index is -0.487. The summed E-state index contributed by atoms with van der Waals surface area (Å²) < 4.78 is 4.37. The zero-order valence-electron chi connectivity index (χ0n) is 8.37. The van der Waals surface area contributed by atoms with Crippen LogP contribution in [0.1, 0.15) is 26.7 Å². The van der Waals surface area contributed by atoms with Gasteiger partial charge in [-0.2, -0.15) is 0 Å². The zero-order valence-corrected chi connectivity index (χ0v) is 8.37. The number of carbonyl (C=O) groups excluding carboxylic acids is 2. The standard InChI is InChI=1S/C10H16O3/c1-4-8(5-2)9(11)6-7-10(12)13-3/h6-8H,4-5H2,1-3H3/b7-6+. The molecule has 0 aromatic rings. The molecule has 13 heavy (non-hydrogen) atoms. The lowest BCUT2D eigenvalue weighted by Gasteiger charge is -2.06. The number of esters is 1. The molecule has 0 aliphatic rings. The summed E-state index contributed by atoms with van der Waals surface area (Å²) in [7, 11) is 1.29. The number of methoxy groups -OCH3 is 1. The molecule has 74 valence electrons. The first-order chi connectivity index (χ1) is 6.15. The van der Waals surface area contributed by atoms with Gasteiger partial charge in [-0.25, -0.2) is 4.79 Å². The Bertz CT molecular complexity index is 202. The number of carbonyl (C=O) groups is 2. The molecule has 0 aliphatic carbocycles. The van der Waals surface area contributed by atoms with Gasteiger partial charge in [-0.15, -0.1) is 0 Å². The Balaban J connectivity index is 4.12. The highest BCUT2D eigenvalue weighted by molar-refractivity contribution is 5.97. The van der Waals surface area contributed by atoms with Crippen LogP contribution in [-0.2, 0) is 14.3 Å². The summed E-state index contributed by atoms with van der Waals surface area (Å²) in [6.45, 7) is 3.91. The number of ketones is 1. The van der Waals surface area contributed by atoms with Crippen LogP contribution >= 0.6 is 0 Å². The van der Waals surface area contributed by atoms with Crippen molar-refractivity contribution in [2.24, 2.45) is 5.92 Å². The Hall–Kier alpha value is -1.12. The van der Waals surface area contributed by atoms with E-state index in [9.17, 15) is 9.59 Å². The van der Waals surface area contributed by atoms with Crippen molar-refractivity contribution in [3.63, 3.8) is 0 Å². The van der Waals surface area contributed by atoms with Gasteiger partial charge in [-0.1, -0.05) is 13.8 Å². The van der Waals surface area contributed by atoms with E-state index in [1.807, 2.05) is 13.8 Å². The first kappa shape index (κ1) is 11.9. The fraction of sp³-hybridized carbons (Fsp3) is 0.600. The van der Waals surface area contributed by atoms with Gasteiger partial charge < -0.3 is 4.74 Å². The number of hydrogen-bond acceptors (Lipinski definition) is 3. The Labute approximate surface area is 78.8 Å². The Morgan fingerprint density at radius 1 is 1.23 bits per heavy atom. The van der Waals surface area contributed by atoms with Gasteiger partial charge in [0.1, 0.15) is 0 Å². The Morgan fingerprint density at radius 2 is 1.77 bits per heavy atom. The summed E-state index contributed by atoms with van der Waals surface area (Å²) in [5.41, 5.74) is 0. The fourth-order valence-corrected chi connectivity index (χ4v) is 1.05. The summed E-state index contributed by atoms with van der Waals surface area (Å²) >= 11 is 0. The summed E-state index contributed by atoms with van der Waals surface area (Å²) in [4.78, 5) is 22.0. The van der Waals surface area contributed by atoms with Gasteiger partial charge in [0.2, 0.25) is 0 Å². The van der Waals surface area contributed by atoms with E-state index in [-0.39, 0.29) is 11.7 Å². The average molecular weight is 184 g/mol. The summed E-state index contributed by atoms with van der Waals surface area (Å²) in [5, 5.41) is 0. The molecule has 0 N–H and O–H groups in total.